The van der Waals surface area contributed by atoms with Crippen LogP contribution in [-0.2, 0) is 0 Å². The molecule has 1 aromatic rings. The van der Waals surface area contributed by atoms with E-state index in [2.05, 4.69) is 5.32 Å². The second-order valence-electron chi connectivity index (χ2n) is 5.64. The SMILES string of the molecule is CNC(c1cc(C)c(F)cc1F)C1CCCCCC1. The Labute approximate surface area is 114 Å². The molecule has 2 rings (SSSR count). The average Bonchev–Trinajstić information content (AvgIpc) is 2.65. The topological polar surface area (TPSA) is 12.0 Å². The van der Waals surface area contributed by atoms with Crippen molar-refractivity contribution in [3.8, 4) is 0 Å². The lowest BCUT2D eigenvalue weighted by Gasteiger charge is -2.27. The zero-order valence-electron chi connectivity index (χ0n) is 11.8. The van der Waals surface area contributed by atoms with E-state index in [0.717, 1.165) is 18.9 Å². The van der Waals surface area contributed by atoms with Gasteiger partial charge in [0.1, 0.15) is 11.6 Å². The fourth-order valence-corrected chi connectivity index (χ4v) is 3.21. The van der Waals surface area contributed by atoms with Crippen LogP contribution in [-0.4, -0.2) is 7.05 Å². The van der Waals surface area contributed by atoms with E-state index in [0.29, 0.717) is 17.0 Å². The number of hydrogen-bond acceptors (Lipinski definition) is 1. The highest BCUT2D eigenvalue weighted by molar-refractivity contribution is 5.28. The highest BCUT2D eigenvalue weighted by Gasteiger charge is 2.25. The van der Waals surface area contributed by atoms with Gasteiger partial charge in [0.05, 0.1) is 0 Å². The monoisotopic (exact) mass is 267 g/mol. The molecule has 0 saturated heterocycles. The van der Waals surface area contributed by atoms with Crippen molar-refractivity contribution in [2.24, 2.45) is 5.92 Å². The smallest absolute Gasteiger partial charge is 0.130 e. The van der Waals surface area contributed by atoms with Gasteiger partial charge in [-0.25, -0.2) is 8.78 Å². The van der Waals surface area contributed by atoms with Crippen molar-refractivity contribution in [3.05, 3.63) is 34.9 Å². The molecule has 1 nitrogen and oxygen atoms in total. The molecule has 1 aliphatic carbocycles. The summed E-state index contributed by atoms with van der Waals surface area (Å²) in [7, 11) is 1.87. The lowest BCUT2D eigenvalue weighted by Crippen LogP contribution is -2.26. The molecule has 0 amide bonds. The van der Waals surface area contributed by atoms with Crippen molar-refractivity contribution in [1.82, 2.24) is 5.32 Å². The highest BCUT2D eigenvalue weighted by Crippen LogP contribution is 2.35. The van der Waals surface area contributed by atoms with Gasteiger partial charge in [0, 0.05) is 17.7 Å². The Kier molecular flexibility index (Phi) is 4.92. The van der Waals surface area contributed by atoms with Crippen LogP contribution in [0.5, 0.6) is 0 Å². The molecule has 0 aliphatic heterocycles. The predicted octanol–water partition coefficient (Wildman–Crippen LogP) is 4.50. The Hall–Kier alpha value is -0.960. The first kappa shape index (κ1) is 14.4. The Morgan fingerprint density at radius 1 is 1.05 bits per heavy atom. The van der Waals surface area contributed by atoms with Crippen molar-refractivity contribution in [3.63, 3.8) is 0 Å². The van der Waals surface area contributed by atoms with E-state index < -0.39 is 11.6 Å². The van der Waals surface area contributed by atoms with Gasteiger partial charge in [-0.2, -0.15) is 0 Å². The molecule has 0 aromatic heterocycles. The van der Waals surface area contributed by atoms with Crippen molar-refractivity contribution >= 4 is 0 Å². The molecule has 106 valence electrons. The van der Waals surface area contributed by atoms with Crippen LogP contribution in [0.3, 0.4) is 0 Å². The fraction of sp³-hybridized carbons (Fsp3) is 0.625. The van der Waals surface area contributed by atoms with Crippen molar-refractivity contribution in [1.29, 1.82) is 0 Å². The van der Waals surface area contributed by atoms with Crippen LogP contribution in [0.25, 0.3) is 0 Å². The number of nitrogens with one attached hydrogen (secondary N) is 1. The van der Waals surface area contributed by atoms with E-state index in [1.165, 1.54) is 25.7 Å². The van der Waals surface area contributed by atoms with Crippen LogP contribution in [0.2, 0.25) is 0 Å². The van der Waals surface area contributed by atoms with Crippen LogP contribution in [0.1, 0.15) is 55.7 Å². The number of halogens is 2. The van der Waals surface area contributed by atoms with E-state index in [4.69, 9.17) is 0 Å². The molecular formula is C16H23F2N. The number of benzene rings is 1. The summed E-state index contributed by atoms with van der Waals surface area (Å²) in [5, 5.41) is 3.24. The van der Waals surface area contributed by atoms with Crippen LogP contribution in [0, 0.1) is 24.5 Å². The summed E-state index contributed by atoms with van der Waals surface area (Å²) in [5.74, 6) is -0.435. The van der Waals surface area contributed by atoms with Gasteiger partial charge in [0.25, 0.3) is 0 Å². The van der Waals surface area contributed by atoms with Gasteiger partial charge in [-0.3, -0.25) is 0 Å². The maximum atomic E-state index is 14.0. The molecule has 3 heteroatoms. The molecule has 1 atom stereocenters. The summed E-state index contributed by atoms with van der Waals surface area (Å²) in [6, 6.07) is 2.68. The maximum Gasteiger partial charge on any atom is 0.130 e. The molecule has 0 spiro atoms. The van der Waals surface area contributed by atoms with E-state index >= 15 is 0 Å². The minimum absolute atomic E-state index is 0.00241. The molecule has 0 radical (unpaired) electrons. The first-order valence-corrected chi connectivity index (χ1v) is 7.26. The summed E-state index contributed by atoms with van der Waals surface area (Å²) in [5.41, 5.74) is 1.14. The minimum Gasteiger partial charge on any atom is -0.313 e. The lowest BCUT2D eigenvalue weighted by molar-refractivity contribution is 0.332. The predicted molar refractivity (Wildman–Crippen MR) is 74.1 cm³/mol. The fourth-order valence-electron chi connectivity index (χ4n) is 3.21. The van der Waals surface area contributed by atoms with E-state index in [1.807, 2.05) is 7.05 Å². The summed E-state index contributed by atoms with van der Waals surface area (Å²) in [6.45, 7) is 1.69. The quantitative estimate of drug-likeness (QED) is 0.795. The number of hydrogen-bond donors (Lipinski definition) is 1. The molecule has 1 fully saturated rings. The summed E-state index contributed by atoms with van der Waals surface area (Å²) in [4.78, 5) is 0. The summed E-state index contributed by atoms with van der Waals surface area (Å²) >= 11 is 0. The average molecular weight is 267 g/mol. The van der Waals surface area contributed by atoms with E-state index in [9.17, 15) is 8.78 Å². The van der Waals surface area contributed by atoms with Gasteiger partial charge in [-0.15, -0.1) is 0 Å². The Bertz CT molecular complexity index is 423. The van der Waals surface area contributed by atoms with Crippen LogP contribution >= 0.6 is 0 Å². The number of rotatable bonds is 3. The summed E-state index contributed by atoms with van der Waals surface area (Å²) in [6.07, 6.45) is 7.23. The van der Waals surface area contributed by atoms with Crippen LogP contribution in [0.4, 0.5) is 8.78 Å². The molecule has 1 aliphatic rings. The van der Waals surface area contributed by atoms with Gasteiger partial charge < -0.3 is 5.32 Å². The third-order valence-corrected chi connectivity index (χ3v) is 4.30. The van der Waals surface area contributed by atoms with Gasteiger partial charge in [0.2, 0.25) is 0 Å². The van der Waals surface area contributed by atoms with Crippen molar-refractivity contribution in [2.75, 3.05) is 7.05 Å². The third-order valence-electron chi connectivity index (χ3n) is 4.30. The zero-order chi connectivity index (χ0) is 13.8. The van der Waals surface area contributed by atoms with Gasteiger partial charge in [0.15, 0.2) is 0 Å². The van der Waals surface area contributed by atoms with Crippen LogP contribution < -0.4 is 5.32 Å². The first-order valence-electron chi connectivity index (χ1n) is 7.26. The minimum atomic E-state index is -0.461. The Morgan fingerprint density at radius 2 is 1.68 bits per heavy atom. The lowest BCUT2D eigenvalue weighted by atomic mass is 9.86. The van der Waals surface area contributed by atoms with Crippen molar-refractivity contribution in [2.45, 2.75) is 51.5 Å². The number of aryl methyl sites for hydroxylation is 1. The molecule has 1 saturated carbocycles. The molecular weight excluding hydrogens is 244 g/mol. The Balaban J connectivity index is 2.27. The van der Waals surface area contributed by atoms with Gasteiger partial charge in [-0.05, 0) is 44.4 Å². The second kappa shape index (κ2) is 6.47. The van der Waals surface area contributed by atoms with Crippen molar-refractivity contribution < 1.29 is 8.78 Å². The second-order valence-corrected chi connectivity index (χ2v) is 5.64. The molecule has 0 heterocycles. The molecule has 0 bridgehead atoms. The standard InChI is InChI=1S/C16H23F2N/c1-11-9-13(15(18)10-14(11)17)16(19-2)12-7-5-3-4-6-8-12/h9-10,12,16,19H,3-8H2,1-2H3. The van der Waals surface area contributed by atoms with Crippen LogP contribution in [0.15, 0.2) is 12.1 Å². The van der Waals surface area contributed by atoms with E-state index in [-0.39, 0.29) is 6.04 Å². The zero-order valence-corrected chi connectivity index (χ0v) is 11.8. The van der Waals surface area contributed by atoms with E-state index in [1.54, 1.807) is 13.0 Å². The summed E-state index contributed by atoms with van der Waals surface area (Å²) < 4.78 is 27.4. The largest absolute Gasteiger partial charge is 0.313 e. The van der Waals surface area contributed by atoms with Gasteiger partial charge >= 0.3 is 0 Å². The molecule has 1 unspecified atom stereocenters. The molecule has 19 heavy (non-hydrogen) atoms. The maximum absolute atomic E-state index is 14.0. The third kappa shape index (κ3) is 3.33. The van der Waals surface area contributed by atoms with Gasteiger partial charge in [-0.1, -0.05) is 25.7 Å². The molecule has 1 aromatic carbocycles. The normalized spacial score (nSPS) is 19.2. The first-order chi connectivity index (χ1) is 9.13. The highest BCUT2D eigenvalue weighted by atomic mass is 19.1. The molecule has 1 N–H and O–H groups in total. The Morgan fingerprint density at radius 3 is 2.26 bits per heavy atom.